The highest BCUT2D eigenvalue weighted by molar-refractivity contribution is 6.02. The van der Waals surface area contributed by atoms with E-state index >= 15 is 0 Å². The Hall–Kier alpha value is -3.64. The van der Waals surface area contributed by atoms with E-state index in [-0.39, 0.29) is 18.4 Å². The molecule has 0 spiro atoms. The monoisotopic (exact) mass is 513 g/mol. The summed E-state index contributed by atoms with van der Waals surface area (Å²) in [5, 5.41) is 5.94. The fourth-order valence-corrected chi connectivity index (χ4v) is 4.82. The molecule has 1 heterocycles. The number of nitrogens with zero attached hydrogens (tertiary/aromatic N) is 1. The van der Waals surface area contributed by atoms with Gasteiger partial charge in [0.25, 0.3) is 5.91 Å². The quantitative estimate of drug-likeness (QED) is 0.346. The van der Waals surface area contributed by atoms with Crippen molar-refractivity contribution in [3.05, 3.63) is 95.6 Å². The van der Waals surface area contributed by atoms with Crippen LogP contribution < -0.4 is 15.5 Å². The van der Waals surface area contributed by atoms with Crippen LogP contribution in [0.15, 0.2) is 78.9 Å². The number of hydrogen-bond acceptors (Lipinski definition) is 4. The number of benzene rings is 3. The Balaban J connectivity index is 1.39. The van der Waals surface area contributed by atoms with Gasteiger partial charge >= 0.3 is 0 Å². The van der Waals surface area contributed by atoms with E-state index in [2.05, 4.69) is 59.7 Å². The van der Waals surface area contributed by atoms with Crippen molar-refractivity contribution in [2.75, 3.05) is 36.5 Å². The maximum absolute atomic E-state index is 13.2. The highest BCUT2D eigenvalue weighted by atomic mass is 16.5. The smallest absolute Gasteiger partial charge is 0.253 e. The van der Waals surface area contributed by atoms with Crippen molar-refractivity contribution in [1.29, 1.82) is 0 Å². The molecule has 1 fully saturated rings. The molecular formula is C32H39N3O3. The Morgan fingerprint density at radius 1 is 0.921 bits per heavy atom. The maximum atomic E-state index is 13.2. The van der Waals surface area contributed by atoms with Gasteiger partial charge in [-0.05, 0) is 60.4 Å². The van der Waals surface area contributed by atoms with Crippen LogP contribution in [0.5, 0.6) is 0 Å². The van der Waals surface area contributed by atoms with E-state index in [1.54, 1.807) is 6.07 Å². The summed E-state index contributed by atoms with van der Waals surface area (Å²) in [6.07, 6.45) is 3.26. The third kappa shape index (κ3) is 8.18. The second kappa shape index (κ2) is 13.8. The Kier molecular flexibility index (Phi) is 9.93. The molecule has 2 N–H and O–H groups in total. The lowest BCUT2D eigenvalue weighted by atomic mass is 9.89. The summed E-state index contributed by atoms with van der Waals surface area (Å²) in [5.41, 5.74) is 4.50. The van der Waals surface area contributed by atoms with Gasteiger partial charge in [0.2, 0.25) is 5.91 Å². The van der Waals surface area contributed by atoms with Gasteiger partial charge < -0.3 is 20.3 Å². The van der Waals surface area contributed by atoms with Crippen LogP contribution in [0.4, 0.5) is 11.4 Å². The van der Waals surface area contributed by atoms with Gasteiger partial charge in [-0.1, -0.05) is 74.5 Å². The molecule has 3 aromatic rings. The largest absolute Gasteiger partial charge is 0.371 e. The molecular weight excluding hydrogens is 474 g/mol. The van der Waals surface area contributed by atoms with Gasteiger partial charge in [0, 0.05) is 31.0 Å². The highest BCUT2D eigenvalue weighted by Crippen LogP contribution is 2.30. The van der Waals surface area contributed by atoms with E-state index in [0.29, 0.717) is 36.2 Å². The number of nitrogens with one attached hydrogen (secondary N) is 2. The Bertz CT molecular complexity index is 1170. The van der Waals surface area contributed by atoms with Crippen LogP contribution in [0.2, 0.25) is 0 Å². The fourth-order valence-electron chi connectivity index (χ4n) is 4.82. The van der Waals surface area contributed by atoms with Crippen LogP contribution in [0.1, 0.15) is 48.2 Å². The van der Waals surface area contributed by atoms with Crippen LogP contribution in [0.3, 0.4) is 0 Å². The second-order valence-corrected chi connectivity index (χ2v) is 10.5. The number of carbonyl (C=O) groups is 2. The third-order valence-corrected chi connectivity index (χ3v) is 6.86. The summed E-state index contributed by atoms with van der Waals surface area (Å²) in [5.74, 6) is 0.627. The summed E-state index contributed by atoms with van der Waals surface area (Å²) in [7, 11) is 0. The van der Waals surface area contributed by atoms with Gasteiger partial charge in [-0.3, -0.25) is 9.59 Å². The summed E-state index contributed by atoms with van der Waals surface area (Å²) in [6.45, 7) is 6.87. The summed E-state index contributed by atoms with van der Waals surface area (Å²) in [4.78, 5) is 28.0. The summed E-state index contributed by atoms with van der Waals surface area (Å²) < 4.78 is 5.57. The average Bonchev–Trinajstić information content (AvgIpc) is 2.93. The molecule has 200 valence electrons. The number of rotatable bonds is 11. The van der Waals surface area contributed by atoms with Crippen LogP contribution in [-0.4, -0.2) is 38.1 Å². The van der Waals surface area contributed by atoms with Crippen LogP contribution in [0.25, 0.3) is 0 Å². The van der Waals surface area contributed by atoms with E-state index in [4.69, 9.17) is 4.74 Å². The molecule has 0 radical (unpaired) electrons. The molecule has 0 bridgehead atoms. The summed E-state index contributed by atoms with van der Waals surface area (Å²) in [6, 6.07) is 26.0. The van der Waals surface area contributed by atoms with Crippen molar-refractivity contribution in [1.82, 2.24) is 5.32 Å². The van der Waals surface area contributed by atoms with E-state index in [9.17, 15) is 9.59 Å². The number of anilines is 2. The first-order valence-electron chi connectivity index (χ1n) is 13.6. The lowest BCUT2D eigenvalue weighted by Gasteiger charge is -2.35. The zero-order chi connectivity index (χ0) is 26.7. The average molecular weight is 514 g/mol. The molecule has 6 nitrogen and oxygen atoms in total. The molecule has 3 aromatic carbocycles. The molecule has 1 aliphatic heterocycles. The van der Waals surface area contributed by atoms with Gasteiger partial charge in [-0.25, -0.2) is 0 Å². The van der Waals surface area contributed by atoms with E-state index in [1.807, 2.05) is 42.5 Å². The van der Waals surface area contributed by atoms with Crippen molar-refractivity contribution >= 4 is 23.2 Å². The zero-order valence-electron chi connectivity index (χ0n) is 22.5. The van der Waals surface area contributed by atoms with Crippen molar-refractivity contribution in [3.8, 4) is 0 Å². The number of ether oxygens (including phenoxy) is 1. The normalized spacial score (nSPS) is 13.9. The minimum atomic E-state index is -0.246. The first kappa shape index (κ1) is 27.4. The van der Waals surface area contributed by atoms with Crippen LogP contribution in [0, 0.1) is 11.8 Å². The van der Waals surface area contributed by atoms with Crippen molar-refractivity contribution in [2.45, 2.75) is 39.7 Å². The lowest BCUT2D eigenvalue weighted by Crippen LogP contribution is -2.36. The zero-order valence-corrected chi connectivity index (χ0v) is 22.5. The minimum Gasteiger partial charge on any atom is -0.371 e. The minimum absolute atomic E-state index is 0.0551. The van der Waals surface area contributed by atoms with Gasteiger partial charge in [-0.2, -0.15) is 0 Å². The molecule has 0 aliphatic carbocycles. The molecule has 0 saturated carbocycles. The van der Waals surface area contributed by atoms with E-state index in [0.717, 1.165) is 43.6 Å². The molecule has 0 unspecified atom stereocenters. The molecule has 38 heavy (non-hydrogen) atoms. The molecule has 2 amide bonds. The molecule has 1 aliphatic rings. The van der Waals surface area contributed by atoms with Crippen molar-refractivity contribution in [2.24, 2.45) is 11.8 Å². The Labute approximate surface area is 226 Å². The second-order valence-electron chi connectivity index (χ2n) is 10.5. The predicted molar refractivity (Wildman–Crippen MR) is 153 cm³/mol. The van der Waals surface area contributed by atoms with Gasteiger partial charge in [0.05, 0.1) is 12.2 Å². The van der Waals surface area contributed by atoms with Gasteiger partial charge in [0.1, 0.15) is 6.61 Å². The molecule has 4 rings (SSSR count). The van der Waals surface area contributed by atoms with E-state index < -0.39 is 0 Å². The fraction of sp³-hybridized carbons (Fsp3) is 0.375. The first-order valence-corrected chi connectivity index (χ1v) is 13.6. The summed E-state index contributed by atoms with van der Waals surface area (Å²) >= 11 is 0. The predicted octanol–water partition coefficient (Wildman–Crippen LogP) is 5.69. The highest BCUT2D eigenvalue weighted by Gasteiger charge is 2.24. The number of hydrogen-bond donors (Lipinski definition) is 2. The van der Waals surface area contributed by atoms with Crippen LogP contribution >= 0.6 is 0 Å². The number of amides is 2. The van der Waals surface area contributed by atoms with E-state index in [1.165, 1.54) is 5.56 Å². The van der Waals surface area contributed by atoms with Crippen molar-refractivity contribution < 1.29 is 14.3 Å². The number of piperidine rings is 1. The van der Waals surface area contributed by atoms with Gasteiger partial charge in [0.15, 0.2) is 0 Å². The molecule has 6 heteroatoms. The van der Waals surface area contributed by atoms with Gasteiger partial charge in [-0.15, -0.1) is 0 Å². The lowest BCUT2D eigenvalue weighted by molar-refractivity contribution is -0.121. The Morgan fingerprint density at radius 3 is 2.24 bits per heavy atom. The topological polar surface area (TPSA) is 70.7 Å². The molecule has 0 atom stereocenters. The Morgan fingerprint density at radius 2 is 1.58 bits per heavy atom. The van der Waals surface area contributed by atoms with Crippen molar-refractivity contribution in [3.63, 3.8) is 0 Å². The number of carbonyl (C=O) groups excluding carboxylic acids is 2. The first-order chi connectivity index (χ1) is 18.5. The van der Waals surface area contributed by atoms with Crippen LogP contribution in [-0.2, 0) is 22.6 Å². The third-order valence-electron chi connectivity index (χ3n) is 6.86. The molecule has 1 saturated heterocycles. The molecule has 0 aromatic heterocycles. The SMILES string of the molecule is CC(C)CNC(=O)c1cc(NC(=O)COCc2ccccc2)ccc1N1CCC(Cc2ccccc2)CC1. The maximum Gasteiger partial charge on any atom is 0.253 e. The standard InChI is InChI=1S/C32H39N3O3/c1-24(2)21-33-32(37)29-20-28(34-31(36)23-38-22-27-11-7-4-8-12-27)13-14-30(29)35-17-15-26(16-18-35)19-25-9-5-3-6-10-25/h3-14,20,24,26H,15-19,21-23H2,1-2H3,(H,33,37)(H,34,36).